The largest absolute Gasteiger partial charge is 0.381 e. The van der Waals surface area contributed by atoms with E-state index in [9.17, 15) is 4.79 Å². The number of urea groups is 1. The van der Waals surface area contributed by atoms with Crippen LogP contribution in [0.1, 0.15) is 37.7 Å². The average Bonchev–Trinajstić information content (AvgIpc) is 3.37. The number of nitrogens with zero attached hydrogens (tertiary/aromatic N) is 2. The van der Waals surface area contributed by atoms with Crippen LogP contribution in [0.2, 0.25) is 0 Å². The van der Waals surface area contributed by atoms with Gasteiger partial charge in [0.05, 0.1) is 6.61 Å². The van der Waals surface area contributed by atoms with E-state index in [2.05, 4.69) is 45.4 Å². The van der Waals surface area contributed by atoms with Crippen LogP contribution in [0.5, 0.6) is 0 Å². The van der Waals surface area contributed by atoms with E-state index < -0.39 is 0 Å². The Kier molecular flexibility index (Phi) is 5.75. The van der Waals surface area contributed by atoms with Crippen LogP contribution in [0, 0.1) is 5.92 Å². The fraction of sp³-hybridized carbons (Fsp3) is 0.667. The molecule has 3 aliphatic rings. The molecule has 1 unspecified atom stereocenters. The van der Waals surface area contributed by atoms with Gasteiger partial charge >= 0.3 is 6.03 Å². The number of carbonyl (C=O) groups excluding carboxylic acids is 1. The van der Waals surface area contributed by atoms with Gasteiger partial charge in [-0.3, -0.25) is 4.90 Å². The van der Waals surface area contributed by atoms with Gasteiger partial charge in [0, 0.05) is 50.8 Å². The van der Waals surface area contributed by atoms with Crippen LogP contribution in [0.15, 0.2) is 30.3 Å². The number of likely N-dealkylation sites (tertiary alicyclic amines) is 1. The van der Waals surface area contributed by atoms with E-state index in [4.69, 9.17) is 4.74 Å². The zero-order chi connectivity index (χ0) is 17.8. The van der Waals surface area contributed by atoms with Crippen molar-refractivity contribution >= 4 is 6.03 Å². The molecule has 0 spiro atoms. The van der Waals surface area contributed by atoms with E-state index in [1.165, 1.54) is 5.56 Å². The van der Waals surface area contributed by atoms with Crippen LogP contribution in [0.25, 0.3) is 0 Å². The maximum absolute atomic E-state index is 12.8. The molecule has 3 fully saturated rings. The summed E-state index contributed by atoms with van der Waals surface area (Å²) >= 11 is 0. The number of hydrogen-bond acceptors (Lipinski definition) is 3. The van der Waals surface area contributed by atoms with E-state index in [1.54, 1.807) is 0 Å². The minimum absolute atomic E-state index is 0.154. The maximum Gasteiger partial charge on any atom is 0.317 e. The van der Waals surface area contributed by atoms with Crippen molar-refractivity contribution in [2.45, 2.75) is 50.7 Å². The van der Waals surface area contributed by atoms with Crippen LogP contribution in [-0.4, -0.2) is 60.8 Å². The normalized spacial score (nSPS) is 24.5. The van der Waals surface area contributed by atoms with E-state index in [0.717, 1.165) is 71.5 Å². The van der Waals surface area contributed by atoms with Crippen molar-refractivity contribution in [3.05, 3.63) is 35.9 Å². The molecule has 2 aliphatic heterocycles. The Morgan fingerprint density at radius 2 is 1.88 bits per heavy atom. The van der Waals surface area contributed by atoms with Gasteiger partial charge in [-0.05, 0) is 37.7 Å². The smallest absolute Gasteiger partial charge is 0.317 e. The fourth-order valence-electron chi connectivity index (χ4n) is 4.12. The van der Waals surface area contributed by atoms with Gasteiger partial charge < -0.3 is 15.0 Å². The third-order valence-corrected chi connectivity index (χ3v) is 5.89. The van der Waals surface area contributed by atoms with Crippen molar-refractivity contribution in [2.24, 2.45) is 5.92 Å². The van der Waals surface area contributed by atoms with Gasteiger partial charge in [0.1, 0.15) is 0 Å². The first-order chi connectivity index (χ1) is 12.8. The Balaban J connectivity index is 1.23. The lowest BCUT2D eigenvalue weighted by Crippen LogP contribution is -2.50. The summed E-state index contributed by atoms with van der Waals surface area (Å²) in [6.45, 7) is 5.65. The summed E-state index contributed by atoms with van der Waals surface area (Å²) in [6.07, 6.45) is 5.51. The number of carbonyl (C=O) groups is 1. The lowest BCUT2D eigenvalue weighted by molar-refractivity contribution is 0.151. The molecule has 0 bridgehead atoms. The van der Waals surface area contributed by atoms with Crippen LogP contribution in [-0.2, 0) is 11.3 Å². The summed E-state index contributed by atoms with van der Waals surface area (Å²) in [5.74, 6) is 0.522. The van der Waals surface area contributed by atoms with Crippen molar-refractivity contribution < 1.29 is 9.53 Å². The fourth-order valence-corrected chi connectivity index (χ4v) is 4.12. The molecule has 1 atom stereocenters. The molecular weight excluding hydrogens is 326 g/mol. The van der Waals surface area contributed by atoms with Crippen molar-refractivity contribution in [3.8, 4) is 0 Å². The van der Waals surface area contributed by atoms with Crippen molar-refractivity contribution in [1.29, 1.82) is 0 Å². The molecule has 1 N–H and O–H groups in total. The molecule has 1 aromatic carbocycles. The van der Waals surface area contributed by atoms with Crippen LogP contribution in [0.4, 0.5) is 4.79 Å². The quantitative estimate of drug-likeness (QED) is 0.851. The molecule has 1 saturated carbocycles. The van der Waals surface area contributed by atoms with Crippen molar-refractivity contribution in [2.75, 3.05) is 32.8 Å². The van der Waals surface area contributed by atoms with E-state index in [-0.39, 0.29) is 6.03 Å². The van der Waals surface area contributed by atoms with Crippen molar-refractivity contribution in [1.82, 2.24) is 15.1 Å². The standard InChI is InChI=1S/C21H31N3O2/c25-21(24(20-6-7-20)15-18-10-13-26-16-18)22-19-8-11-23(12-9-19)14-17-4-2-1-3-5-17/h1-5,18-20H,6-16H2,(H,22,25). The van der Waals surface area contributed by atoms with E-state index in [0.29, 0.717) is 18.0 Å². The van der Waals surface area contributed by atoms with Gasteiger partial charge in [-0.25, -0.2) is 4.79 Å². The number of amides is 2. The topological polar surface area (TPSA) is 44.8 Å². The van der Waals surface area contributed by atoms with Crippen molar-refractivity contribution in [3.63, 3.8) is 0 Å². The number of piperidine rings is 1. The number of hydrogen-bond donors (Lipinski definition) is 1. The first-order valence-electron chi connectivity index (χ1n) is 10.2. The first-order valence-corrected chi connectivity index (χ1v) is 10.2. The molecule has 2 saturated heterocycles. The van der Waals surface area contributed by atoms with Crippen LogP contribution in [0.3, 0.4) is 0 Å². The highest BCUT2D eigenvalue weighted by atomic mass is 16.5. The molecule has 1 aliphatic carbocycles. The minimum Gasteiger partial charge on any atom is -0.381 e. The monoisotopic (exact) mass is 357 g/mol. The molecule has 2 heterocycles. The predicted molar refractivity (Wildman–Crippen MR) is 102 cm³/mol. The molecule has 26 heavy (non-hydrogen) atoms. The molecule has 0 radical (unpaired) electrons. The summed E-state index contributed by atoms with van der Waals surface area (Å²) in [7, 11) is 0. The third-order valence-electron chi connectivity index (χ3n) is 5.89. The Morgan fingerprint density at radius 3 is 2.54 bits per heavy atom. The third kappa shape index (κ3) is 4.77. The van der Waals surface area contributed by atoms with Gasteiger partial charge in [0.2, 0.25) is 0 Å². The van der Waals surface area contributed by atoms with Crippen LogP contribution < -0.4 is 5.32 Å². The number of rotatable bonds is 6. The van der Waals surface area contributed by atoms with Gasteiger partial charge in [-0.15, -0.1) is 0 Å². The second kappa shape index (κ2) is 8.40. The Hall–Kier alpha value is -1.59. The molecule has 5 nitrogen and oxygen atoms in total. The molecule has 2 amide bonds. The zero-order valence-corrected chi connectivity index (χ0v) is 15.6. The highest BCUT2D eigenvalue weighted by molar-refractivity contribution is 5.75. The summed E-state index contributed by atoms with van der Waals surface area (Å²) < 4.78 is 5.48. The number of nitrogens with one attached hydrogen (secondary N) is 1. The van der Waals surface area contributed by atoms with Gasteiger partial charge in [-0.1, -0.05) is 30.3 Å². The van der Waals surface area contributed by atoms with Gasteiger partial charge in [0.25, 0.3) is 0 Å². The number of benzene rings is 1. The van der Waals surface area contributed by atoms with Gasteiger partial charge in [0.15, 0.2) is 0 Å². The van der Waals surface area contributed by atoms with Gasteiger partial charge in [-0.2, -0.15) is 0 Å². The Morgan fingerprint density at radius 1 is 1.12 bits per heavy atom. The summed E-state index contributed by atoms with van der Waals surface area (Å²) in [5.41, 5.74) is 1.37. The molecule has 4 rings (SSSR count). The van der Waals surface area contributed by atoms with E-state index >= 15 is 0 Å². The molecule has 142 valence electrons. The lowest BCUT2D eigenvalue weighted by atomic mass is 10.0. The zero-order valence-electron chi connectivity index (χ0n) is 15.6. The van der Waals surface area contributed by atoms with E-state index in [1.807, 2.05) is 0 Å². The maximum atomic E-state index is 12.8. The van der Waals surface area contributed by atoms with Crippen LogP contribution >= 0.6 is 0 Å². The average molecular weight is 357 g/mol. The number of ether oxygens (including phenoxy) is 1. The lowest BCUT2D eigenvalue weighted by Gasteiger charge is -2.34. The molecule has 0 aromatic heterocycles. The second-order valence-corrected chi connectivity index (χ2v) is 8.10. The molecular formula is C21H31N3O2. The Labute approximate surface area is 156 Å². The summed E-state index contributed by atoms with van der Waals surface area (Å²) in [4.78, 5) is 17.4. The summed E-state index contributed by atoms with van der Waals surface area (Å²) in [6, 6.07) is 11.6. The Bertz CT molecular complexity index is 576. The second-order valence-electron chi connectivity index (χ2n) is 8.10. The minimum atomic E-state index is 0.154. The molecule has 5 heteroatoms. The highest BCUT2D eigenvalue weighted by Gasteiger charge is 2.35. The predicted octanol–water partition coefficient (Wildman–Crippen LogP) is 2.86. The highest BCUT2D eigenvalue weighted by Crippen LogP contribution is 2.29. The molecule has 1 aromatic rings. The summed E-state index contributed by atoms with van der Waals surface area (Å²) in [5, 5.41) is 3.32. The first kappa shape index (κ1) is 17.8. The SMILES string of the molecule is O=C(NC1CCN(Cc2ccccc2)CC1)N(CC1CCOC1)C1CC1.